The molecule has 3 atom stereocenters. The van der Waals surface area contributed by atoms with Crippen LogP contribution in [0.1, 0.15) is 49.1 Å². The van der Waals surface area contributed by atoms with Crippen molar-refractivity contribution in [3.8, 4) is 11.1 Å². The topological polar surface area (TPSA) is 105 Å². The van der Waals surface area contributed by atoms with Gasteiger partial charge in [0.25, 0.3) is 0 Å². The standard InChI is InChI=1S/C27H30N2O6/c30-25(31)13-12-22(26(32)29-14-15-34-24-11-5-10-23(24)29)28-27(33)35-16-21-19-8-3-1-6-17(19)18-7-2-4-9-20(18)21/h1-4,6-9,21-24H,5,10-16H2,(H,28,33)(H,30,31). The number of nitrogens with one attached hydrogen (secondary N) is 1. The summed E-state index contributed by atoms with van der Waals surface area (Å²) in [5.41, 5.74) is 4.45. The molecule has 2 aliphatic carbocycles. The molecule has 2 fully saturated rings. The zero-order chi connectivity index (χ0) is 24.4. The fraction of sp³-hybridized carbons (Fsp3) is 0.444. The molecule has 35 heavy (non-hydrogen) atoms. The first-order valence-corrected chi connectivity index (χ1v) is 12.3. The predicted octanol–water partition coefficient (Wildman–Crippen LogP) is 3.54. The van der Waals surface area contributed by atoms with Gasteiger partial charge < -0.3 is 24.8 Å². The van der Waals surface area contributed by atoms with Crippen molar-refractivity contribution in [3.05, 3.63) is 59.7 Å². The summed E-state index contributed by atoms with van der Waals surface area (Å²) >= 11 is 0. The Kier molecular flexibility index (Phi) is 6.72. The summed E-state index contributed by atoms with van der Waals surface area (Å²) in [5.74, 6) is -1.38. The highest BCUT2D eigenvalue weighted by Gasteiger charge is 2.41. The summed E-state index contributed by atoms with van der Waals surface area (Å²) < 4.78 is 11.4. The van der Waals surface area contributed by atoms with Crippen molar-refractivity contribution in [2.45, 2.75) is 56.2 Å². The minimum absolute atomic E-state index is 0.00705. The van der Waals surface area contributed by atoms with E-state index in [2.05, 4.69) is 17.4 Å². The first-order valence-electron chi connectivity index (χ1n) is 12.3. The highest BCUT2D eigenvalue weighted by Crippen LogP contribution is 2.44. The largest absolute Gasteiger partial charge is 0.481 e. The molecule has 0 spiro atoms. The Bertz CT molecular complexity index is 1070. The summed E-state index contributed by atoms with van der Waals surface area (Å²) in [4.78, 5) is 39.2. The van der Waals surface area contributed by atoms with Gasteiger partial charge in [-0.05, 0) is 47.9 Å². The van der Waals surface area contributed by atoms with Crippen LogP contribution in [-0.2, 0) is 19.1 Å². The number of hydrogen-bond acceptors (Lipinski definition) is 5. The molecule has 2 N–H and O–H groups in total. The van der Waals surface area contributed by atoms with Crippen LogP contribution in [0.4, 0.5) is 4.79 Å². The number of rotatable bonds is 7. The van der Waals surface area contributed by atoms with Crippen molar-refractivity contribution in [1.29, 1.82) is 0 Å². The van der Waals surface area contributed by atoms with Crippen LogP contribution < -0.4 is 5.32 Å². The highest BCUT2D eigenvalue weighted by atomic mass is 16.5. The zero-order valence-corrected chi connectivity index (χ0v) is 19.5. The van der Waals surface area contributed by atoms with E-state index in [0.29, 0.717) is 13.2 Å². The first-order chi connectivity index (χ1) is 17.0. The van der Waals surface area contributed by atoms with E-state index in [-0.39, 0.29) is 43.4 Å². The van der Waals surface area contributed by atoms with Gasteiger partial charge >= 0.3 is 12.1 Å². The second kappa shape index (κ2) is 10.1. The summed E-state index contributed by atoms with van der Waals surface area (Å²) in [6.45, 7) is 1.02. The Hall–Kier alpha value is -3.39. The van der Waals surface area contributed by atoms with E-state index in [1.54, 1.807) is 4.90 Å². The van der Waals surface area contributed by atoms with E-state index < -0.39 is 18.1 Å². The van der Waals surface area contributed by atoms with Crippen molar-refractivity contribution < 1.29 is 29.0 Å². The number of nitrogens with zero attached hydrogens (tertiary/aromatic N) is 1. The Morgan fingerprint density at radius 2 is 1.74 bits per heavy atom. The van der Waals surface area contributed by atoms with Crippen molar-refractivity contribution in [3.63, 3.8) is 0 Å². The van der Waals surface area contributed by atoms with Gasteiger partial charge in [-0.3, -0.25) is 9.59 Å². The number of fused-ring (bicyclic) bond motifs is 4. The second-order valence-corrected chi connectivity index (χ2v) is 9.39. The predicted molar refractivity (Wildman–Crippen MR) is 128 cm³/mol. The first kappa shape index (κ1) is 23.4. The molecule has 1 aliphatic heterocycles. The molecule has 0 bridgehead atoms. The van der Waals surface area contributed by atoms with Gasteiger partial charge in [0, 0.05) is 18.9 Å². The molecule has 1 saturated carbocycles. The molecule has 1 heterocycles. The Morgan fingerprint density at radius 1 is 1.06 bits per heavy atom. The summed E-state index contributed by atoms with van der Waals surface area (Å²) in [6.07, 6.45) is 1.83. The minimum Gasteiger partial charge on any atom is -0.481 e. The molecule has 2 amide bonds. The van der Waals surface area contributed by atoms with Gasteiger partial charge in [0.2, 0.25) is 5.91 Å². The van der Waals surface area contributed by atoms with Crippen LogP contribution >= 0.6 is 0 Å². The average Bonchev–Trinajstić information content (AvgIpc) is 3.47. The molecule has 3 unspecified atom stereocenters. The van der Waals surface area contributed by atoms with Gasteiger partial charge in [-0.2, -0.15) is 0 Å². The maximum absolute atomic E-state index is 13.4. The lowest BCUT2D eigenvalue weighted by molar-refractivity contribution is -0.146. The van der Waals surface area contributed by atoms with Crippen molar-refractivity contribution in [2.75, 3.05) is 19.8 Å². The SMILES string of the molecule is O=C(O)CCC(NC(=O)OCC1c2ccccc2-c2ccccc21)C(=O)N1CCOC2CCCC21. The summed E-state index contributed by atoms with van der Waals surface area (Å²) in [6, 6.07) is 15.1. The van der Waals surface area contributed by atoms with Crippen LogP contribution in [-0.4, -0.2) is 65.9 Å². The van der Waals surface area contributed by atoms with E-state index >= 15 is 0 Å². The number of carboxylic acids is 1. The molecular formula is C27H30N2O6. The molecule has 8 nitrogen and oxygen atoms in total. The van der Waals surface area contributed by atoms with Gasteiger partial charge in [-0.1, -0.05) is 48.5 Å². The molecule has 5 rings (SSSR count). The van der Waals surface area contributed by atoms with Crippen molar-refractivity contribution in [2.24, 2.45) is 0 Å². The Morgan fingerprint density at radius 3 is 2.43 bits per heavy atom. The van der Waals surface area contributed by atoms with Crippen molar-refractivity contribution >= 4 is 18.0 Å². The van der Waals surface area contributed by atoms with Crippen LogP contribution in [0.2, 0.25) is 0 Å². The highest BCUT2D eigenvalue weighted by molar-refractivity contribution is 5.87. The van der Waals surface area contributed by atoms with E-state index in [1.807, 2.05) is 36.4 Å². The summed E-state index contributed by atoms with van der Waals surface area (Å²) in [5, 5.41) is 11.8. The Balaban J connectivity index is 1.26. The van der Waals surface area contributed by atoms with E-state index in [1.165, 1.54) is 0 Å². The van der Waals surface area contributed by atoms with Gasteiger partial charge in [0.05, 0.1) is 18.8 Å². The molecule has 0 aromatic heterocycles. The number of morpholine rings is 1. The molecule has 0 radical (unpaired) electrons. The third kappa shape index (κ3) is 4.75. The summed E-state index contributed by atoms with van der Waals surface area (Å²) in [7, 11) is 0. The normalized spacial score (nSPS) is 21.5. The quantitative estimate of drug-likeness (QED) is 0.631. The van der Waals surface area contributed by atoms with Gasteiger partial charge in [-0.15, -0.1) is 0 Å². The monoisotopic (exact) mass is 478 g/mol. The molecular weight excluding hydrogens is 448 g/mol. The zero-order valence-electron chi connectivity index (χ0n) is 19.5. The minimum atomic E-state index is -1.02. The maximum atomic E-state index is 13.4. The van der Waals surface area contributed by atoms with Gasteiger partial charge in [0.15, 0.2) is 0 Å². The fourth-order valence-corrected chi connectivity index (χ4v) is 5.71. The van der Waals surface area contributed by atoms with Gasteiger partial charge in [0.1, 0.15) is 12.6 Å². The number of benzene rings is 2. The lowest BCUT2D eigenvalue weighted by atomic mass is 9.98. The lowest BCUT2D eigenvalue weighted by Crippen LogP contribution is -2.57. The average molecular weight is 479 g/mol. The number of hydrogen-bond donors (Lipinski definition) is 2. The number of carbonyl (C=O) groups is 3. The Labute approximate surface area is 204 Å². The number of amides is 2. The third-order valence-electron chi connectivity index (χ3n) is 7.35. The number of carbonyl (C=O) groups excluding carboxylic acids is 2. The van der Waals surface area contributed by atoms with Crippen molar-refractivity contribution in [1.82, 2.24) is 10.2 Å². The van der Waals surface area contributed by atoms with Crippen LogP contribution in [0.25, 0.3) is 11.1 Å². The number of alkyl carbamates (subject to hydrolysis) is 1. The molecule has 3 aliphatic rings. The molecule has 8 heteroatoms. The molecule has 184 valence electrons. The molecule has 2 aromatic rings. The van der Waals surface area contributed by atoms with Gasteiger partial charge in [-0.25, -0.2) is 4.79 Å². The van der Waals surface area contributed by atoms with E-state index in [4.69, 9.17) is 9.47 Å². The third-order valence-corrected chi connectivity index (χ3v) is 7.35. The lowest BCUT2D eigenvalue weighted by Gasteiger charge is -2.39. The number of carboxylic acid groups (broad SMARTS) is 1. The smallest absolute Gasteiger partial charge is 0.407 e. The van der Waals surface area contributed by atoms with E-state index in [9.17, 15) is 19.5 Å². The number of aliphatic carboxylic acids is 1. The van der Waals surface area contributed by atoms with E-state index in [0.717, 1.165) is 41.5 Å². The maximum Gasteiger partial charge on any atom is 0.407 e. The molecule has 2 aromatic carbocycles. The van der Waals surface area contributed by atoms with Crippen LogP contribution in [0.15, 0.2) is 48.5 Å². The van der Waals surface area contributed by atoms with Crippen LogP contribution in [0.3, 0.4) is 0 Å². The second-order valence-electron chi connectivity index (χ2n) is 9.39. The molecule has 1 saturated heterocycles. The number of ether oxygens (including phenoxy) is 2. The fourth-order valence-electron chi connectivity index (χ4n) is 5.71. The van der Waals surface area contributed by atoms with Crippen LogP contribution in [0, 0.1) is 0 Å². The van der Waals surface area contributed by atoms with Crippen LogP contribution in [0.5, 0.6) is 0 Å².